The first-order valence-electron chi connectivity index (χ1n) is 7.42. The Morgan fingerprint density at radius 1 is 1.39 bits per heavy atom. The van der Waals surface area contributed by atoms with Gasteiger partial charge >= 0.3 is 0 Å². The maximum absolute atomic E-state index is 5.72. The van der Waals surface area contributed by atoms with E-state index in [0.717, 1.165) is 35.4 Å². The lowest BCUT2D eigenvalue weighted by molar-refractivity contribution is -0.0374. The van der Waals surface area contributed by atoms with Crippen LogP contribution in [-0.2, 0) is 11.3 Å². The molecule has 1 saturated heterocycles. The van der Waals surface area contributed by atoms with Gasteiger partial charge in [0.1, 0.15) is 11.9 Å². The molecule has 120 valence electrons. The second kappa shape index (κ2) is 5.94. The minimum Gasteiger partial charge on any atom is -0.497 e. The van der Waals surface area contributed by atoms with E-state index in [1.54, 1.807) is 7.11 Å². The van der Waals surface area contributed by atoms with E-state index in [2.05, 4.69) is 35.7 Å². The minimum atomic E-state index is -0.161. The van der Waals surface area contributed by atoms with Crippen molar-refractivity contribution in [2.75, 3.05) is 26.8 Å². The summed E-state index contributed by atoms with van der Waals surface area (Å²) in [7, 11) is 1.67. The van der Waals surface area contributed by atoms with E-state index in [9.17, 15) is 0 Å². The SMILES string of the molecule is COc1ccc2n[nH]c(CN3CCOC(c4nn[nH]n4)C3)c2c1. The topological polar surface area (TPSA) is 105 Å². The molecule has 1 aliphatic rings. The zero-order valence-electron chi connectivity index (χ0n) is 12.7. The smallest absolute Gasteiger partial charge is 0.204 e. The Balaban J connectivity index is 1.53. The molecule has 0 radical (unpaired) electrons. The monoisotopic (exact) mass is 315 g/mol. The number of ether oxygens (including phenoxy) is 2. The summed E-state index contributed by atoms with van der Waals surface area (Å²) in [5, 5.41) is 22.6. The normalized spacial score (nSPS) is 19.3. The van der Waals surface area contributed by atoms with Crippen molar-refractivity contribution in [2.24, 2.45) is 0 Å². The number of aromatic amines is 2. The van der Waals surface area contributed by atoms with E-state index in [0.29, 0.717) is 19.0 Å². The Labute approximate surface area is 132 Å². The summed E-state index contributed by atoms with van der Waals surface area (Å²) >= 11 is 0. The van der Waals surface area contributed by atoms with Gasteiger partial charge in [-0.2, -0.15) is 10.3 Å². The summed E-state index contributed by atoms with van der Waals surface area (Å²) < 4.78 is 11.0. The van der Waals surface area contributed by atoms with Gasteiger partial charge in [-0.1, -0.05) is 5.21 Å². The maximum Gasteiger partial charge on any atom is 0.204 e. The molecule has 0 bridgehead atoms. The Morgan fingerprint density at radius 3 is 3.17 bits per heavy atom. The van der Waals surface area contributed by atoms with Crippen LogP contribution in [0.1, 0.15) is 17.6 Å². The third-order valence-corrected chi connectivity index (χ3v) is 4.02. The summed E-state index contributed by atoms with van der Waals surface area (Å²) in [5.74, 6) is 1.41. The quantitative estimate of drug-likeness (QED) is 0.728. The number of nitrogens with one attached hydrogen (secondary N) is 2. The number of nitrogens with zero attached hydrogens (tertiary/aromatic N) is 5. The lowest BCUT2D eigenvalue weighted by atomic mass is 10.1. The Morgan fingerprint density at radius 2 is 2.35 bits per heavy atom. The molecule has 0 amide bonds. The van der Waals surface area contributed by atoms with Gasteiger partial charge in [-0.25, -0.2) is 0 Å². The zero-order valence-corrected chi connectivity index (χ0v) is 12.7. The molecule has 1 aromatic carbocycles. The van der Waals surface area contributed by atoms with Crippen LogP contribution in [0.4, 0.5) is 0 Å². The molecule has 1 unspecified atom stereocenters. The molecular weight excluding hydrogens is 298 g/mol. The van der Waals surface area contributed by atoms with E-state index in [4.69, 9.17) is 9.47 Å². The fraction of sp³-hybridized carbons (Fsp3) is 0.429. The number of rotatable bonds is 4. The summed E-state index contributed by atoms with van der Waals surface area (Å²) in [6.07, 6.45) is -0.161. The molecule has 2 aromatic heterocycles. The van der Waals surface area contributed by atoms with Crippen molar-refractivity contribution in [3.8, 4) is 5.75 Å². The number of morpholine rings is 1. The average Bonchev–Trinajstić information content (AvgIpc) is 3.25. The molecule has 0 saturated carbocycles. The van der Waals surface area contributed by atoms with Crippen molar-refractivity contribution in [2.45, 2.75) is 12.6 Å². The van der Waals surface area contributed by atoms with Gasteiger partial charge in [0.2, 0.25) is 5.82 Å². The fourth-order valence-electron chi connectivity index (χ4n) is 2.82. The Kier molecular flexibility index (Phi) is 3.64. The van der Waals surface area contributed by atoms with Gasteiger partial charge in [-0.15, -0.1) is 10.2 Å². The maximum atomic E-state index is 5.72. The lowest BCUT2D eigenvalue weighted by Crippen LogP contribution is -2.38. The first-order valence-corrected chi connectivity index (χ1v) is 7.42. The van der Waals surface area contributed by atoms with Crippen molar-refractivity contribution in [3.05, 3.63) is 29.7 Å². The van der Waals surface area contributed by atoms with Gasteiger partial charge in [0.05, 0.1) is 24.9 Å². The molecule has 2 N–H and O–H groups in total. The fourth-order valence-corrected chi connectivity index (χ4v) is 2.82. The van der Waals surface area contributed by atoms with Crippen LogP contribution in [0.5, 0.6) is 5.75 Å². The molecule has 3 aromatic rings. The second-order valence-electron chi connectivity index (χ2n) is 5.45. The lowest BCUT2D eigenvalue weighted by Gasteiger charge is -2.30. The number of methoxy groups -OCH3 is 1. The highest BCUT2D eigenvalue weighted by Crippen LogP contribution is 2.25. The van der Waals surface area contributed by atoms with Crippen molar-refractivity contribution in [3.63, 3.8) is 0 Å². The van der Waals surface area contributed by atoms with E-state index >= 15 is 0 Å². The molecule has 1 fully saturated rings. The molecule has 1 aliphatic heterocycles. The van der Waals surface area contributed by atoms with Crippen LogP contribution in [0.3, 0.4) is 0 Å². The molecule has 3 heterocycles. The van der Waals surface area contributed by atoms with E-state index in [1.165, 1.54) is 0 Å². The highest BCUT2D eigenvalue weighted by Gasteiger charge is 2.25. The van der Waals surface area contributed by atoms with Crippen LogP contribution in [0.2, 0.25) is 0 Å². The highest BCUT2D eigenvalue weighted by atomic mass is 16.5. The number of tetrazole rings is 1. The van der Waals surface area contributed by atoms with Crippen LogP contribution < -0.4 is 4.74 Å². The van der Waals surface area contributed by atoms with Crippen molar-refractivity contribution in [1.82, 2.24) is 35.7 Å². The Bertz CT molecular complexity index is 786. The largest absolute Gasteiger partial charge is 0.497 e. The number of aromatic nitrogens is 6. The van der Waals surface area contributed by atoms with Gasteiger partial charge in [0.15, 0.2) is 0 Å². The van der Waals surface area contributed by atoms with Gasteiger partial charge in [0.25, 0.3) is 0 Å². The zero-order chi connectivity index (χ0) is 15.6. The third-order valence-electron chi connectivity index (χ3n) is 4.02. The predicted octanol–water partition coefficient (Wildman–Crippen LogP) is 0.658. The molecular formula is C14H17N7O2. The first kappa shape index (κ1) is 14.1. The number of benzene rings is 1. The van der Waals surface area contributed by atoms with Crippen LogP contribution in [0.15, 0.2) is 18.2 Å². The second-order valence-corrected chi connectivity index (χ2v) is 5.45. The molecule has 23 heavy (non-hydrogen) atoms. The molecule has 4 rings (SSSR count). The summed E-state index contributed by atoms with van der Waals surface area (Å²) in [5.41, 5.74) is 2.00. The molecule has 0 aliphatic carbocycles. The van der Waals surface area contributed by atoms with Crippen LogP contribution in [0.25, 0.3) is 10.9 Å². The summed E-state index contributed by atoms with van der Waals surface area (Å²) in [4.78, 5) is 2.29. The summed E-state index contributed by atoms with van der Waals surface area (Å²) in [6.45, 7) is 2.94. The third kappa shape index (κ3) is 2.76. The summed E-state index contributed by atoms with van der Waals surface area (Å²) in [6, 6.07) is 5.87. The predicted molar refractivity (Wildman–Crippen MR) is 80.8 cm³/mol. The number of fused-ring (bicyclic) bond motifs is 1. The van der Waals surface area contributed by atoms with Gasteiger partial charge < -0.3 is 9.47 Å². The standard InChI is InChI=1S/C14H17N7O2/c1-22-9-2-3-11-10(6-9)12(16-15-11)7-21-4-5-23-13(8-21)14-17-19-20-18-14/h2-3,6,13H,4-5,7-8H2,1H3,(H,15,16)(H,17,18,19,20). The van der Waals surface area contributed by atoms with Crippen LogP contribution in [0, 0.1) is 0 Å². The van der Waals surface area contributed by atoms with Crippen molar-refractivity contribution < 1.29 is 9.47 Å². The van der Waals surface area contributed by atoms with E-state index in [-0.39, 0.29) is 6.10 Å². The van der Waals surface area contributed by atoms with Gasteiger partial charge in [-0.05, 0) is 18.2 Å². The number of hydrogen-bond acceptors (Lipinski definition) is 7. The molecule has 0 spiro atoms. The number of H-pyrrole nitrogens is 2. The van der Waals surface area contributed by atoms with E-state index < -0.39 is 0 Å². The highest BCUT2D eigenvalue weighted by molar-refractivity contribution is 5.82. The van der Waals surface area contributed by atoms with Crippen molar-refractivity contribution in [1.29, 1.82) is 0 Å². The minimum absolute atomic E-state index is 0.161. The van der Waals surface area contributed by atoms with Crippen molar-refractivity contribution >= 4 is 10.9 Å². The first-order chi connectivity index (χ1) is 11.3. The molecule has 9 heteroatoms. The van der Waals surface area contributed by atoms with Gasteiger partial charge in [-0.3, -0.25) is 10.00 Å². The number of hydrogen-bond donors (Lipinski definition) is 2. The van der Waals surface area contributed by atoms with Crippen LogP contribution in [-0.4, -0.2) is 62.5 Å². The molecule has 9 nitrogen and oxygen atoms in total. The van der Waals surface area contributed by atoms with E-state index in [1.807, 2.05) is 18.2 Å². The average molecular weight is 315 g/mol. The molecule has 1 atom stereocenters. The Hall–Kier alpha value is -2.52. The van der Waals surface area contributed by atoms with Gasteiger partial charge in [0, 0.05) is 25.0 Å². The van der Waals surface area contributed by atoms with Crippen LogP contribution >= 0.6 is 0 Å².